The van der Waals surface area contributed by atoms with E-state index in [0.717, 1.165) is 5.56 Å². The van der Waals surface area contributed by atoms with Gasteiger partial charge in [0.05, 0.1) is 26.7 Å². The maximum Gasteiger partial charge on any atom is 0.307 e. The van der Waals surface area contributed by atoms with Gasteiger partial charge in [0.1, 0.15) is 6.79 Å². The van der Waals surface area contributed by atoms with Crippen molar-refractivity contribution < 1.29 is 39.7 Å². The number of ether oxygens (including phenoxy) is 6. The molecule has 1 N–H and O–H groups in total. The van der Waals surface area contributed by atoms with Gasteiger partial charge in [-0.2, -0.15) is 0 Å². The van der Waals surface area contributed by atoms with Gasteiger partial charge in [-0.05, 0) is 54.2 Å². The standard InChI is InChI=1S/C23H28O8/c1-26-13-29-12-17(8-15-4-6-19(27-2)21(10-15)28-3)18(23(24)25)9-16-5-7-20-22(11-16)31-14-30-20/h4-7,10-11,17-18H,8-9,12-14H2,1-3H3,(H,24,25)/t17-,18+/m1/s1/i18D. The van der Waals surface area contributed by atoms with Gasteiger partial charge in [-0.25, -0.2) is 0 Å². The van der Waals surface area contributed by atoms with Crippen LogP contribution in [0, 0.1) is 11.8 Å². The first-order valence-electron chi connectivity index (χ1n) is 10.3. The highest BCUT2D eigenvalue weighted by atomic mass is 16.7. The molecule has 0 radical (unpaired) electrons. The Bertz CT molecular complexity index is 934. The lowest BCUT2D eigenvalue weighted by atomic mass is 9.83. The van der Waals surface area contributed by atoms with Gasteiger partial charge in [-0.3, -0.25) is 4.79 Å². The molecular formula is C23H28O8. The zero-order valence-corrected chi connectivity index (χ0v) is 17.9. The minimum absolute atomic E-state index is 0.00214. The van der Waals surface area contributed by atoms with Gasteiger partial charge in [0, 0.05) is 8.48 Å². The van der Waals surface area contributed by atoms with E-state index in [1.165, 1.54) is 14.2 Å². The van der Waals surface area contributed by atoms with Crippen molar-refractivity contribution in [2.75, 3.05) is 41.5 Å². The Labute approximate surface area is 183 Å². The molecular weight excluding hydrogens is 404 g/mol. The third-order valence-corrected chi connectivity index (χ3v) is 5.05. The third-order valence-electron chi connectivity index (χ3n) is 5.05. The summed E-state index contributed by atoms with van der Waals surface area (Å²) in [6.07, 6.45) is 0.248. The Morgan fingerprint density at radius 2 is 1.74 bits per heavy atom. The van der Waals surface area contributed by atoms with Crippen LogP contribution in [0.15, 0.2) is 36.4 Å². The van der Waals surface area contributed by atoms with Crippen LogP contribution in [0.1, 0.15) is 12.5 Å². The number of fused-ring (bicyclic) bond motifs is 1. The van der Waals surface area contributed by atoms with Crippen LogP contribution in [0.5, 0.6) is 23.0 Å². The summed E-state index contributed by atoms with van der Waals surface area (Å²) in [5.41, 5.74) is 1.47. The number of aliphatic carboxylic acids is 1. The lowest BCUT2D eigenvalue weighted by Crippen LogP contribution is -2.31. The average Bonchev–Trinajstić information content (AvgIpc) is 3.26. The quantitative estimate of drug-likeness (QED) is 0.403. The van der Waals surface area contributed by atoms with Crippen molar-refractivity contribution in [1.29, 1.82) is 0 Å². The molecule has 31 heavy (non-hydrogen) atoms. The highest BCUT2D eigenvalue weighted by Gasteiger charge is 2.30. The second-order valence-electron chi connectivity index (χ2n) is 7.06. The number of benzene rings is 2. The maximum atomic E-state index is 12.4. The molecule has 8 heteroatoms. The highest BCUT2D eigenvalue weighted by Crippen LogP contribution is 2.35. The zero-order chi connectivity index (χ0) is 23.1. The monoisotopic (exact) mass is 433 g/mol. The van der Waals surface area contributed by atoms with Crippen molar-refractivity contribution in [3.63, 3.8) is 0 Å². The van der Waals surface area contributed by atoms with Gasteiger partial charge in [-0.15, -0.1) is 0 Å². The summed E-state index contributed by atoms with van der Waals surface area (Å²) in [7, 11) is 4.57. The minimum atomic E-state index is -1.87. The van der Waals surface area contributed by atoms with Crippen molar-refractivity contribution in [3.05, 3.63) is 47.5 Å². The average molecular weight is 433 g/mol. The Hall–Kier alpha value is -2.97. The molecule has 1 aliphatic heterocycles. The van der Waals surface area contributed by atoms with E-state index in [0.29, 0.717) is 28.6 Å². The molecule has 0 saturated heterocycles. The van der Waals surface area contributed by atoms with Crippen LogP contribution < -0.4 is 18.9 Å². The zero-order valence-electron chi connectivity index (χ0n) is 18.9. The first-order chi connectivity index (χ1) is 15.4. The van der Waals surface area contributed by atoms with Crippen LogP contribution in [-0.4, -0.2) is 52.6 Å². The number of methoxy groups -OCH3 is 3. The van der Waals surface area contributed by atoms with Gasteiger partial charge >= 0.3 is 5.97 Å². The fourth-order valence-electron chi connectivity index (χ4n) is 3.51. The molecule has 0 fully saturated rings. The molecule has 2 aromatic carbocycles. The third kappa shape index (κ3) is 5.80. The lowest BCUT2D eigenvalue weighted by Gasteiger charge is -2.25. The Kier molecular flexibility index (Phi) is 7.46. The van der Waals surface area contributed by atoms with E-state index < -0.39 is 17.8 Å². The number of carboxylic acids is 1. The molecule has 0 unspecified atom stereocenters. The molecule has 2 aromatic rings. The predicted octanol–water partition coefficient (Wildman–Crippen LogP) is 3.16. The van der Waals surface area contributed by atoms with Crippen molar-refractivity contribution in [2.45, 2.75) is 12.8 Å². The first-order valence-corrected chi connectivity index (χ1v) is 9.80. The molecule has 1 aliphatic rings. The van der Waals surface area contributed by atoms with Crippen LogP contribution in [0.3, 0.4) is 0 Å². The van der Waals surface area contributed by atoms with Crippen molar-refractivity contribution in [2.24, 2.45) is 11.8 Å². The largest absolute Gasteiger partial charge is 0.493 e. The van der Waals surface area contributed by atoms with Crippen molar-refractivity contribution in [1.82, 2.24) is 0 Å². The SMILES string of the molecule is [2H][C@@](Cc1ccc2c(c1)OCO2)(C(=O)O)[C@@H](COCOC)Cc1ccc(OC)c(OC)c1. The summed E-state index contributed by atoms with van der Waals surface area (Å²) in [5, 5.41) is 10.1. The molecule has 0 saturated carbocycles. The second-order valence-corrected chi connectivity index (χ2v) is 7.06. The fraction of sp³-hybridized carbons (Fsp3) is 0.435. The van der Waals surface area contributed by atoms with Crippen LogP contribution in [-0.2, 0) is 27.1 Å². The second kappa shape index (κ2) is 10.9. The Balaban J connectivity index is 1.90. The molecule has 8 nitrogen and oxygen atoms in total. The maximum absolute atomic E-state index is 12.4. The van der Waals surface area contributed by atoms with E-state index >= 15 is 0 Å². The van der Waals surface area contributed by atoms with Crippen molar-refractivity contribution >= 4 is 5.97 Å². The van der Waals surface area contributed by atoms with Crippen molar-refractivity contribution in [3.8, 4) is 23.0 Å². The summed E-state index contributed by atoms with van der Waals surface area (Å²) in [6.45, 7) is 0.154. The molecule has 0 aromatic heterocycles. The molecule has 1 heterocycles. The van der Waals surface area contributed by atoms with Gasteiger partial charge in [0.15, 0.2) is 23.0 Å². The molecule has 3 rings (SSSR count). The van der Waals surface area contributed by atoms with E-state index in [-0.39, 0.29) is 33.0 Å². The number of carboxylic acid groups (broad SMARTS) is 1. The fourth-order valence-corrected chi connectivity index (χ4v) is 3.51. The highest BCUT2D eigenvalue weighted by molar-refractivity contribution is 5.71. The summed E-state index contributed by atoms with van der Waals surface area (Å²) in [5.74, 6) is -1.54. The van der Waals surface area contributed by atoms with Crippen LogP contribution in [0.2, 0.25) is 0 Å². The normalized spacial score (nSPS) is 15.6. The Morgan fingerprint density at radius 1 is 1.03 bits per heavy atom. The Morgan fingerprint density at radius 3 is 2.45 bits per heavy atom. The van der Waals surface area contributed by atoms with Gasteiger partial charge in [0.25, 0.3) is 0 Å². The van der Waals surface area contributed by atoms with Crippen LogP contribution in [0.25, 0.3) is 0 Å². The van der Waals surface area contributed by atoms with Gasteiger partial charge in [-0.1, -0.05) is 12.1 Å². The smallest absolute Gasteiger partial charge is 0.307 e. The summed E-state index contributed by atoms with van der Waals surface area (Å²) in [6, 6.07) is 10.6. The lowest BCUT2D eigenvalue weighted by molar-refractivity contribution is -0.145. The predicted molar refractivity (Wildman–Crippen MR) is 112 cm³/mol. The molecule has 2 atom stereocenters. The number of carbonyl (C=O) groups is 1. The van der Waals surface area contributed by atoms with Crippen LogP contribution >= 0.6 is 0 Å². The minimum Gasteiger partial charge on any atom is -0.493 e. The summed E-state index contributed by atoms with van der Waals surface area (Å²) < 4.78 is 40.8. The molecule has 0 bridgehead atoms. The number of hydrogen-bond acceptors (Lipinski definition) is 7. The molecule has 168 valence electrons. The molecule has 0 spiro atoms. The van der Waals surface area contributed by atoms with E-state index in [1.54, 1.807) is 37.4 Å². The topological polar surface area (TPSA) is 92.7 Å². The van der Waals surface area contributed by atoms with Gasteiger partial charge in [0.2, 0.25) is 6.79 Å². The van der Waals surface area contributed by atoms with E-state index in [2.05, 4.69) is 0 Å². The van der Waals surface area contributed by atoms with E-state index in [1.807, 2.05) is 6.07 Å². The molecule has 0 aliphatic carbocycles. The number of rotatable bonds is 12. The van der Waals surface area contributed by atoms with E-state index in [4.69, 9.17) is 29.8 Å². The summed E-state index contributed by atoms with van der Waals surface area (Å²) in [4.78, 5) is 12.4. The molecule has 0 amide bonds. The summed E-state index contributed by atoms with van der Waals surface area (Å²) >= 11 is 0. The van der Waals surface area contributed by atoms with E-state index in [9.17, 15) is 9.90 Å². The first kappa shape index (κ1) is 21.3. The number of hydrogen-bond donors (Lipinski definition) is 1. The van der Waals surface area contributed by atoms with Gasteiger partial charge < -0.3 is 33.5 Å². The van der Waals surface area contributed by atoms with Crippen LogP contribution in [0.4, 0.5) is 0 Å².